The van der Waals surface area contributed by atoms with E-state index in [4.69, 9.17) is 0 Å². The lowest BCUT2D eigenvalue weighted by molar-refractivity contribution is -0.671. The van der Waals surface area contributed by atoms with E-state index in [0.29, 0.717) is 12.0 Å². The summed E-state index contributed by atoms with van der Waals surface area (Å²) in [5, 5.41) is 0. The molecular formula is C19H37N2+. The highest BCUT2D eigenvalue weighted by molar-refractivity contribution is 4.77. The van der Waals surface area contributed by atoms with Gasteiger partial charge in [0, 0.05) is 0 Å². The third kappa shape index (κ3) is 7.68. The minimum Gasteiger partial charge on any atom is -0.240 e. The Morgan fingerprint density at radius 3 is 1.95 bits per heavy atom. The van der Waals surface area contributed by atoms with Gasteiger partial charge in [-0.25, -0.2) is 9.13 Å². The first kappa shape index (κ1) is 18.3. The van der Waals surface area contributed by atoms with Crippen LogP contribution >= 0.6 is 0 Å². The third-order valence-corrected chi connectivity index (χ3v) is 4.55. The molecule has 0 bridgehead atoms. The summed E-state index contributed by atoms with van der Waals surface area (Å²) in [6.45, 7) is 6.98. The zero-order valence-corrected chi connectivity index (χ0v) is 14.9. The van der Waals surface area contributed by atoms with Crippen molar-refractivity contribution in [2.45, 2.75) is 91.0 Å². The summed E-state index contributed by atoms with van der Waals surface area (Å²) >= 11 is 0. The number of hydrogen-bond donors (Lipinski definition) is 0. The highest BCUT2D eigenvalue weighted by Gasteiger charge is 2.19. The van der Waals surface area contributed by atoms with E-state index in [1.807, 2.05) is 0 Å². The second-order valence-electron chi connectivity index (χ2n) is 6.95. The molecule has 0 aliphatic carbocycles. The van der Waals surface area contributed by atoms with Crippen molar-refractivity contribution in [2.24, 2.45) is 13.0 Å². The van der Waals surface area contributed by atoms with Gasteiger partial charge in [-0.1, -0.05) is 72.1 Å². The van der Waals surface area contributed by atoms with Crippen LogP contribution in [0.2, 0.25) is 0 Å². The van der Waals surface area contributed by atoms with Gasteiger partial charge in [0.25, 0.3) is 0 Å². The van der Waals surface area contributed by atoms with Crippen molar-refractivity contribution in [3.63, 3.8) is 0 Å². The maximum atomic E-state index is 2.40. The average Bonchev–Trinajstić information content (AvgIpc) is 2.87. The van der Waals surface area contributed by atoms with E-state index < -0.39 is 0 Å². The highest BCUT2D eigenvalue weighted by atomic mass is 15.1. The van der Waals surface area contributed by atoms with Gasteiger partial charge in [0.2, 0.25) is 6.33 Å². The lowest BCUT2D eigenvalue weighted by Crippen LogP contribution is -2.25. The zero-order chi connectivity index (χ0) is 15.5. The smallest absolute Gasteiger partial charge is 0.240 e. The summed E-state index contributed by atoms with van der Waals surface area (Å²) in [6.07, 6.45) is 20.7. The Labute approximate surface area is 132 Å². The number of aryl methyl sites for hydroxylation is 1. The van der Waals surface area contributed by atoms with Crippen LogP contribution in [0.1, 0.15) is 91.0 Å². The molecule has 122 valence electrons. The number of unbranched alkanes of at least 4 members (excludes halogenated alkanes) is 8. The summed E-state index contributed by atoms with van der Waals surface area (Å²) in [7, 11) is 2.10. The summed E-state index contributed by atoms with van der Waals surface area (Å²) in [4.78, 5) is 0. The predicted octanol–water partition coefficient (Wildman–Crippen LogP) is 5.43. The first-order valence-corrected chi connectivity index (χ1v) is 9.17. The molecule has 1 atom stereocenters. The Bertz CT molecular complexity index is 354. The molecule has 0 amide bonds. The molecule has 0 spiro atoms. The van der Waals surface area contributed by atoms with Crippen molar-refractivity contribution in [2.75, 3.05) is 0 Å². The summed E-state index contributed by atoms with van der Waals surface area (Å²) in [5.74, 6) is 0.714. The Hall–Kier alpha value is -0.790. The lowest BCUT2D eigenvalue weighted by atomic mass is 9.97. The Morgan fingerprint density at radius 1 is 0.905 bits per heavy atom. The SMILES string of the molecule is CCCCCCCCCCC[C@@H](C(C)C)n1cc[n+](C)c1. The molecule has 0 aliphatic heterocycles. The first-order chi connectivity index (χ1) is 10.1. The highest BCUT2D eigenvalue weighted by Crippen LogP contribution is 2.24. The summed E-state index contributed by atoms with van der Waals surface area (Å²) in [5.41, 5.74) is 0. The molecule has 0 fully saturated rings. The molecule has 1 rings (SSSR count). The predicted molar refractivity (Wildman–Crippen MR) is 91.3 cm³/mol. The van der Waals surface area contributed by atoms with Crippen molar-refractivity contribution in [3.8, 4) is 0 Å². The Kier molecular flexibility index (Phi) is 9.45. The molecule has 0 saturated carbocycles. The minimum atomic E-state index is 0.663. The second kappa shape index (κ2) is 10.9. The lowest BCUT2D eigenvalue weighted by Gasteiger charge is -2.17. The summed E-state index contributed by atoms with van der Waals surface area (Å²) in [6, 6.07) is 0.663. The molecule has 0 aliphatic rings. The van der Waals surface area contributed by atoms with E-state index in [1.54, 1.807) is 0 Å². The fourth-order valence-corrected chi connectivity index (χ4v) is 3.16. The van der Waals surface area contributed by atoms with Crippen molar-refractivity contribution in [1.29, 1.82) is 0 Å². The van der Waals surface area contributed by atoms with E-state index in [1.165, 1.54) is 64.2 Å². The third-order valence-electron chi connectivity index (χ3n) is 4.55. The molecule has 0 radical (unpaired) electrons. The number of aromatic nitrogens is 2. The summed E-state index contributed by atoms with van der Waals surface area (Å²) < 4.78 is 4.54. The van der Waals surface area contributed by atoms with Gasteiger partial charge in [-0.3, -0.25) is 0 Å². The molecule has 1 aromatic rings. The topological polar surface area (TPSA) is 8.81 Å². The molecule has 0 aromatic carbocycles. The van der Waals surface area contributed by atoms with Gasteiger partial charge in [-0.15, -0.1) is 0 Å². The van der Waals surface area contributed by atoms with E-state index in [2.05, 4.69) is 55.7 Å². The van der Waals surface area contributed by atoms with Crippen LogP contribution in [0.5, 0.6) is 0 Å². The second-order valence-corrected chi connectivity index (χ2v) is 6.95. The molecule has 2 heteroatoms. The van der Waals surface area contributed by atoms with Gasteiger partial charge in [-0.2, -0.15) is 0 Å². The largest absolute Gasteiger partial charge is 0.243 e. The van der Waals surface area contributed by atoms with Gasteiger partial charge in [0.15, 0.2) is 0 Å². The molecule has 21 heavy (non-hydrogen) atoms. The Morgan fingerprint density at radius 2 is 1.48 bits per heavy atom. The van der Waals surface area contributed by atoms with Crippen molar-refractivity contribution >= 4 is 0 Å². The van der Waals surface area contributed by atoms with Crippen LogP contribution in [0.4, 0.5) is 0 Å². The van der Waals surface area contributed by atoms with Crippen LogP contribution in [0.15, 0.2) is 18.7 Å². The molecule has 0 N–H and O–H groups in total. The molecule has 0 saturated heterocycles. The zero-order valence-electron chi connectivity index (χ0n) is 14.9. The van der Waals surface area contributed by atoms with Crippen LogP contribution in [-0.4, -0.2) is 4.57 Å². The van der Waals surface area contributed by atoms with Gasteiger partial charge < -0.3 is 0 Å². The number of hydrogen-bond acceptors (Lipinski definition) is 0. The Balaban J connectivity index is 2.12. The standard InChI is InChI=1S/C19H37N2/c1-5-6-7-8-9-10-11-12-13-14-19(18(2)3)21-16-15-20(4)17-21/h15-19H,5-14H2,1-4H3/q+1/t19-/m0/s1. The monoisotopic (exact) mass is 293 g/mol. The van der Waals surface area contributed by atoms with Crippen LogP contribution in [0.3, 0.4) is 0 Å². The van der Waals surface area contributed by atoms with E-state index in [-0.39, 0.29) is 0 Å². The van der Waals surface area contributed by atoms with Gasteiger partial charge in [0.05, 0.1) is 7.05 Å². The fourth-order valence-electron chi connectivity index (χ4n) is 3.16. The van der Waals surface area contributed by atoms with Gasteiger partial charge in [-0.05, 0) is 18.8 Å². The van der Waals surface area contributed by atoms with Crippen molar-refractivity contribution < 1.29 is 4.57 Å². The van der Waals surface area contributed by atoms with E-state index >= 15 is 0 Å². The van der Waals surface area contributed by atoms with Crippen molar-refractivity contribution in [3.05, 3.63) is 18.7 Å². The fraction of sp³-hybridized carbons (Fsp3) is 0.842. The maximum absolute atomic E-state index is 2.40. The minimum absolute atomic E-state index is 0.663. The molecule has 1 heterocycles. The van der Waals surface area contributed by atoms with E-state index in [9.17, 15) is 0 Å². The van der Waals surface area contributed by atoms with Crippen LogP contribution in [-0.2, 0) is 7.05 Å². The maximum Gasteiger partial charge on any atom is 0.243 e. The van der Waals surface area contributed by atoms with E-state index in [0.717, 1.165) is 0 Å². The normalized spacial score (nSPS) is 13.0. The quantitative estimate of drug-likeness (QED) is 0.359. The molecular weight excluding hydrogens is 256 g/mol. The number of nitrogens with zero attached hydrogens (tertiary/aromatic N) is 2. The molecule has 1 aromatic heterocycles. The number of rotatable bonds is 12. The van der Waals surface area contributed by atoms with Crippen LogP contribution in [0, 0.1) is 5.92 Å². The number of imidazole rings is 1. The molecule has 2 nitrogen and oxygen atoms in total. The van der Waals surface area contributed by atoms with Crippen LogP contribution < -0.4 is 4.57 Å². The van der Waals surface area contributed by atoms with Crippen LogP contribution in [0.25, 0.3) is 0 Å². The van der Waals surface area contributed by atoms with Gasteiger partial charge >= 0.3 is 0 Å². The van der Waals surface area contributed by atoms with Crippen molar-refractivity contribution in [1.82, 2.24) is 4.57 Å². The average molecular weight is 294 g/mol. The first-order valence-electron chi connectivity index (χ1n) is 9.17. The van der Waals surface area contributed by atoms with Gasteiger partial charge in [0.1, 0.15) is 18.4 Å². The molecule has 0 unspecified atom stereocenters.